The average Bonchev–Trinajstić information content (AvgIpc) is 2.96. The van der Waals surface area contributed by atoms with Gasteiger partial charge in [-0.25, -0.2) is 4.79 Å². The quantitative estimate of drug-likeness (QED) is 0.812. The summed E-state index contributed by atoms with van der Waals surface area (Å²) < 4.78 is 0. The molecule has 3 rings (SSSR count). The van der Waals surface area contributed by atoms with Gasteiger partial charge in [-0.3, -0.25) is 4.79 Å². The van der Waals surface area contributed by atoms with Gasteiger partial charge in [-0.05, 0) is 36.5 Å². The van der Waals surface area contributed by atoms with E-state index in [1.165, 1.54) is 0 Å². The lowest BCUT2D eigenvalue weighted by Gasteiger charge is -2.33. The molecule has 0 unspecified atom stereocenters. The number of amides is 1. The molecule has 0 spiro atoms. The third kappa shape index (κ3) is 2.51. The number of para-hydroxylation sites is 1. The number of carbonyl (C=O) groups excluding carboxylic acids is 1. The molecule has 0 radical (unpaired) electrons. The fourth-order valence-corrected chi connectivity index (χ4v) is 3.86. The van der Waals surface area contributed by atoms with E-state index in [0.29, 0.717) is 18.4 Å². The first-order chi connectivity index (χ1) is 10.1. The van der Waals surface area contributed by atoms with Crippen molar-refractivity contribution in [2.75, 3.05) is 11.5 Å². The van der Waals surface area contributed by atoms with Gasteiger partial charge in [-0.15, -0.1) is 0 Å². The lowest BCUT2D eigenvalue weighted by molar-refractivity contribution is -0.144. The topological polar surface area (TPSA) is 82.2 Å². The molecule has 21 heavy (non-hydrogen) atoms. The number of hydrogen-bond donors (Lipinski definition) is 3. The van der Waals surface area contributed by atoms with Crippen LogP contribution in [0.4, 0.5) is 0 Å². The Morgan fingerprint density at radius 1 is 1.24 bits per heavy atom. The first-order valence-corrected chi connectivity index (χ1v) is 7.98. The highest BCUT2D eigenvalue weighted by atomic mass is 32.2. The Morgan fingerprint density at radius 3 is 2.71 bits per heavy atom. The number of aromatic nitrogens is 1. The number of H-pyrrole nitrogens is 1. The van der Waals surface area contributed by atoms with Crippen molar-refractivity contribution >= 4 is 34.5 Å². The number of fused-ring (bicyclic) bond motifs is 1. The highest BCUT2D eigenvalue weighted by molar-refractivity contribution is 7.99. The van der Waals surface area contributed by atoms with Gasteiger partial charge >= 0.3 is 5.97 Å². The second-order valence-electron chi connectivity index (χ2n) is 5.20. The molecule has 0 bridgehead atoms. The average molecular weight is 304 g/mol. The summed E-state index contributed by atoms with van der Waals surface area (Å²) >= 11 is 1.72. The Bertz CT molecular complexity index is 689. The second-order valence-corrected chi connectivity index (χ2v) is 6.43. The summed E-state index contributed by atoms with van der Waals surface area (Å²) in [5.74, 6) is 0.214. The fraction of sp³-hybridized carbons (Fsp3) is 0.333. The number of rotatable bonds is 3. The molecule has 1 fully saturated rings. The van der Waals surface area contributed by atoms with Crippen molar-refractivity contribution < 1.29 is 14.7 Å². The summed E-state index contributed by atoms with van der Waals surface area (Å²) in [6.07, 6.45) is 2.69. The Balaban J connectivity index is 1.91. The maximum Gasteiger partial charge on any atom is 0.329 e. The minimum absolute atomic E-state index is 0.336. The molecular weight excluding hydrogens is 288 g/mol. The third-order valence-electron chi connectivity index (χ3n) is 3.94. The molecule has 5 nitrogen and oxygen atoms in total. The number of nitrogens with one attached hydrogen (secondary N) is 2. The van der Waals surface area contributed by atoms with E-state index in [-0.39, 0.29) is 5.91 Å². The lowest BCUT2D eigenvalue weighted by Crippen LogP contribution is -2.56. The van der Waals surface area contributed by atoms with Crippen LogP contribution in [0.15, 0.2) is 30.5 Å². The number of carboxylic acids is 1. The van der Waals surface area contributed by atoms with E-state index >= 15 is 0 Å². The van der Waals surface area contributed by atoms with Crippen molar-refractivity contribution in [1.82, 2.24) is 10.3 Å². The first-order valence-electron chi connectivity index (χ1n) is 6.82. The maximum absolute atomic E-state index is 12.5. The van der Waals surface area contributed by atoms with E-state index in [2.05, 4.69) is 10.3 Å². The van der Waals surface area contributed by atoms with E-state index in [1.54, 1.807) is 30.1 Å². The molecule has 0 aliphatic carbocycles. The molecule has 0 atom stereocenters. The zero-order chi connectivity index (χ0) is 14.9. The molecule has 1 aromatic heterocycles. The van der Waals surface area contributed by atoms with Crippen LogP contribution in [0.5, 0.6) is 0 Å². The van der Waals surface area contributed by atoms with Crippen molar-refractivity contribution in [3.8, 4) is 0 Å². The summed E-state index contributed by atoms with van der Waals surface area (Å²) in [4.78, 5) is 27.2. The molecule has 1 aliphatic rings. The zero-order valence-corrected chi connectivity index (χ0v) is 12.2. The van der Waals surface area contributed by atoms with Gasteiger partial charge in [0.15, 0.2) is 0 Å². The molecule has 2 heterocycles. The second kappa shape index (κ2) is 5.44. The number of carboxylic acid groups (broad SMARTS) is 1. The van der Waals surface area contributed by atoms with Crippen molar-refractivity contribution in [3.63, 3.8) is 0 Å². The van der Waals surface area contributed by atoms with Gasteiger partial charge in [-0.2, -0.15) is 11.8 Å². The molecule has 2 aromatic rings. The Labute approximate surface area is 126 Å². The minimum atomic E-state index is -1.14. The molecule has 1 amide bonds. The molecule has 0 saturated carbocycles. The molecule has 6 heteroatoms. The SMILES string of the molecule is O=C(NC1(C(=O)O)CCSCC1)c1cccc2cc[nH]c12. The van der Waals surface area contributed by atoms with Gasteiger partial charge in [0.25, 0.3) is 5.91 Å². The summed E-state index contributed by atoms with van der Waals surface area (Å²) in [6.45, 7) is 0. The van der Waals surface area contributed by atoms with Crippen molar-refractivity contribution in [3.05, 3.63) is 36.0 Å². The highest BCUT2D eigenvalue weighted by Crippen LogP contribution is 2.28. The normalized spacial score (nSPS) is 17.5. The van der Waals surface area contributed by atoms with Gasteiger partial charge < -0.3 is 15.4 Å². The largest absolute Gasteiger partial charge is 0.480 e. The molecule has 3 N–H and O–H groups in total. The van der Waals surface area contributed by atoms with Crippen LogP contribution in [0.1, 0.15) is 23.2 Å². The smallest absolute Gasteiger partial charge is 0.329 e. The summed E-state index contributed by atoms with van der Waals surface area (Å²) in [7, 11) is 0. The number of aromatic amines is 1. The first kappa shape index (κ1) is 14.0. The third-order valence-corrected chi connectivity index (χ3v) is 4.93. The highest BCUT2D eigenvalue weighted by Gasteiger charge is 2.41. The Hall–Kier alpha value is -1.95. The maximum atomic E-state index is 12.5. The summed E-state index contributed by atoms with van der Waals surface area (Å²) in [5, 5.41) is 13.2. The minimum Gasteiger partial charge on any atom is -0.480 e. The van der Waals surface area contributed by atoms with Gasteiger partial charge in [-0.1, -0.05) is 12.1 Å². The molecular formula is C15H16N2O3S. The van der Waals surface area contributed by atoms with Crippen LogP contribution in [0.25, 0.3) is 10.9 Å². The van der Waals surface area contributed by atoms with Crippen LogP contribution < -0.4 is 5.32 Å². The van der Waals surface area contributed by atoms with E-state index in [4.69, 9.17) is 0 Å². The molecule has 1 aromatic carbocycles. The van der Waals surface area contributed by atoms with Gasteiger partial charge in [0.2, 0.25) is 0 Å². The van der Waals surface area contributed by atoms with Crippen LogP contribution in [0.2, 0.25) is 0 Å². The predicted octanol–water partition coefficient (Wildman–Crippen LogP) is 2.25. The van der Waals surface area contributed by atoms with Crippen molar-refractivity contribution in [2.45, 2.75) is 18.4 Å². The van der Waals surface area contributed by atoms with E-state index < -0.39 is 11.5 Å². The van der Waals surface area contributed by atoms with E-state index in [0.717, 1.165) is 22.4 Å². The van der Waals surface area contributed by atoms with Crippen LogP contribution in [-0.2, 0) is 4.79 Å². The predicted molar refractivity (Wildman–Crippen MR) is 82.7 cm³/mol. The van der Waals surface area contributed by atoms with Crippen LogP contribution >= 0.6 is 11.8 Å². The van der Waals surface area contributed by atoms with E-state index in [9.17, 15) is 14.7 Å². The molecule has 110 valence electrons. The number of carbonyl (C=O) groups is 2. The summed E-state index contributed by atoms with van der Waals surface area (Å²) in [6, 6.07) is 7.31. The van der Waals surface area contributed by atoms with Crippen molar-refractivity contribution in [2.24, 2.45) is 0 Å². The summed E-state index contributed by atoms with van der Waals surface area (Å²) in [5.41, 5.74) is 0.0777. The number of aliphatic carboxylic acids is 1. The lowest BCUT2D eigenvalue weighted by atomic mass is 9.91. The van der Waals surface area contributed by atoms with Crippen molar-refractivity contribution in [1.29, 1.82) is 0 Å². The molecule has 1 aliphatic heterocycles. The number of thioether (sulfide) groups is 1. The monoisotopic (exact) mass is 304 g/mol. The fourth-order valence-electron chi connectivity index (χ4n) is 2.67. The standard InChI is InChI=1S/C15H16N2O3S/c18-13(11-3-1-2-10-4-7-16-12(10)11)17-15(14(19)20)5-8-21-9-6-15/h1-4,7,16H,5-6,8-9H2,(H,17,18)(H,19,20). The van der Waals surface area contributed by atoms with Crippen LogP contribution in [-0.4, -0.2) is 39.0 Å². The number of benzene rings is 1. The zero-order valence-electron chi connectivity index (χ0n) is 11.4. The Morgan fingerprint density at radius 2 is 2.00 bits per heavy atom. The molecule has 1 saturated heterocycles. The van der Waals surface area contributed by atoms with Crippen LogP contribution in [0, 0.1) is 0 Å². The van der Waals surface area contributed by atoms with Gasteiger partial charge in [0.1, 0.15) is 5.54 Å². The number of hydrogen-bond acceptors (Lipinski definition) is 3. The van der Waals surface area contributed by atoms with E-state index in [1.807, 2.05) is 12.1 Å². The van der Waals surface area contributed by atoms with Gasteiger partial charge in [0, 0.05) is 11.6 Å². The van der Waals surface area contributed by atoms with Gasteiger partial charge in [0.05, 0.1) is 11.1 Å². The van der Waals surface area contributed by atoms with Crippen LogP contribution in [0.3, 0.4) is 0 Å². The Kier molecular flexibility index (Phi) is 3.63.